The van der Waals surface area contributed by atoms with E-state index in [0.29, 0.717) is 19.0 Å². The van der Waals surface area contributed by atoms with E-state index in [1.165, 1.54) is 19.3 Å². The van der Waals surface area contributed by atoms with Crippen LogP contribution >= 0.6 is 0 Å². The van der Waals surface area contributed by atoms with Crippen LogP contribution in [0.4, 0.5) is 4.79 Å². The molecule has 2 heterocycles. The highest BCUT2D eigenvalue weighted by molar-refractivity contribution is 5.76. The molecule has 2 fully saturated rings. The zero-order chi connectivity index (χ0) is 17.1. The molecule has 4 rings (SSSR count). The van der Waals surface area contributed by atoms with E-state index in [9.17, 15) is 4.79 Å². The number of ether oxygens (including phenoxy) is 1. The second-order valence-electron chi connectivity index (χ2n) is 7.20. The first-order chi connectivity index (χ1) is 12.3. The highest BCUT2D eigenvalue weighted by atomic mass is 16.5. The number of para-hydroxylation sites is 2. The Morgan fingerprint density at radius 2 is 2.12 bits per heavy atom. The van der Waals surface area contributed by atoms with Crippen molar-refractivity contribution in [3.05, 3.63) is 30.1 Å². The molecule has 2 amide bonds. The fourth-order valence-corrected chi connectivity index (χ4v) is 3.62. The van der Waals surface area contributed by atoms with Gasteiger partial charge in [0.15, 0.2) is 0 Å². The number of urea groups is 1. The Balaban J connectivity index is 1.36. The van der Waals surface area contributed by atoms with E-state index < -0.39 is 0 Å². The van der Waals surface area contributed by atoms with Gasteiger partial charge in [-0.25, -0.2) is 9.78 Å². The smallest absolute Gasteiger partial charge is 0.317 e. The van der Waals surface area contributed by atoms with Gasteiger partial charge in [0.2, 0.25) is 0 Å². The summed E-state index contributed by atoms with van der Waals surface area (Å²) in [6.07, 6.45) is 6.11. The monoisotopic (exact) mass is 342 g/mol. The number of hydrogen-bond donors (Lipinski definition) is 2. The molecular formula is C19H26N4O2. The maximum Gasteiger partial charge on any atom is 0.317 e. The second-order valence-corrected chi connectivity index (χ2v) is 7.20. The number of hydrogen-bond acceptors (Lipinski definition) is 3. The molecule has 6 heteroatoms. The van der Waals surface area contributed by atoms with E-state index in [4.69, 9.17) is 4.74 Å². The van der Waals surface area contributed by atoms with Crippen molar-refractivity contribution in [2.45, 2.75) is 44.8 Å². The average molecular weight is 342 g/mol. The molecule has 1 aromatic carbocycles. The van der Waals surface area contributed by atoms with Crippen molar-refractivity contribution in [2.75, 3.05) is 19.7 Å². The van der Waals surface area contributed by atoms with Crippen LogP contribution in [0.15, 0.2) is 24.3 Å². The van der Waals surface area contributed by atoms with Gasteiger partial charge in [0, 0.05) is 19.7 Å². The fraction of sp³-hybridized carbons (Fsp3) is 0.579. The first kappa shape index (κ1) is 16.4. The summed E-state index contributed by atoms with van der Waals surface area (Å²) < 4.78 is 5.73. The highest BCUT2D eigenvalue weighted by Crippen LogP contribution is 2.27. The minimum absolute atomic E-state index is 0.0112. The third-order valence-electron chi connectivity index (χ3n) is 5.28. The number of rotatable bonds is 6. The molecule has 1 saturated heterocycles. The number of fused-ring (bicyclic) bond motifs is 1. The van der Waals surface area contributed by atoms with Crippen LogP contribution in [-0.4, -0.2) is 46.7 Å². The number of imidazole rings is 1. The summed E-state index contributed by atoms with van der Waals surface area (Å²) in [6, 6.07) is 7.90. The molecular weight excluding hydrogens is 316 g/mol. The van der Waals surface area contributed by atoms with Crippen LogP contribution in [0.25, 0.3) is 11.0 Å². The van der Waals surface area contributed by atoms with E-state index >= 15 is 0 Å². The second kappa shape index (κ2) is 7.44. The van der Waals surface area contributed by atoms with Gasteiger partial charge in [0.05, 0.1) is 23.7 Å². The van der Waals surface area contributed by atoms with Crippen molar-refractivity contribution in [1.82, 2.24) is 20.2 Å². The molecule has 134 valence electrons. The van der Waals surface area contributed by atoms with Crippen LogP contribution in [0.5, 0.6) is 0 Å². The predicted octanol–water partition coefficient (Wildman–Crippen LogP) is 3.05. The van der Waals surface area contributed by atoms with Crippen LogP contribution in [-0.2, 0) is 11.3 Å². The third kappa shape index (κ3) is 3.95. The summed E-state index contributed by atoms with van der Waals surface area (Å²) in [4.78, 5) is 22.4. The van der Waals surface area contributed by atoms with Gasteiger partial charge in [0.1, 0.15) is 5.82 Å². The number of aromatic nitrogens is 2. The number of nitrogens with one attached hydrogen (secondary N) is 2. The molecule has 25 heavy (non-hydrogen) atoms. The summed E-state index contributed by atoms with van der Waals surface area (Å²) in [6.45, 7) is 2.77. The number of H-pyrrole nitrogens is 1. The van der Waals surface area contributed by atoms with Crippen LogP contribution in [0.1, 0.15) is 37.9 Å². The van der Waals surface area contributed by atoms with Gasteiger partial charge in [0.25, 0.3) is 0 Å². The van der Waals surface area contributed by atoms with E-state index in [2.05, 4.69) is 15.3 Å². The minimum Gasteiger partial charge on any atom is -0.376 e. The molecule has 2 aliphatic rings. The normalized spacial score (nSPS) is 20.6. The number of carbonyl (C=O) groups is 1. The Morgan fingerprint density at radius 1 is 1.24 bits per heavy atom. The molecule has 1 atom stereocenters. The van der Waals surface area contributed by atoms with Gasteiger partial charge in [-0.05, 0) is 43.7 Å². The van der Waals surface area contributed by atoms with Crippen LogP contribution in [0.3, 0.4) is 0 Å². The maximum atomic E-state index is 12.7. The van der Waals surface area contributed by atoms with Crippen molar-refractivity contribution >= 4 is 17.1 Å². The lowest BCUT2D eigenvalue weighted by Gasteiger charge is -2.33. The number of carbonyl (C=O) groups excluding carboxylic acids is 1. The van der Waals surface area contributed by atoms with Crippen molar-refractivity contribution in [3.8, 4) is 0 Å². The van der Waals surface area contributed by atoms with E-state index in [0.717, 1.165) is 42.9 Å². The number of amides is 2. The quantitative estimate of drug-likeness (QED) is 0.848. The number of nitrogens with zero attached hydrogens (tertiary/aromatic N) is 2. The van der Waals surface area contributed by atoms with Crippen molar-refractivity contribution in [1.29, 1.82) is 0 Å². The summed E-state index contributed by atoms with van der Waals surface area (Å²) in [5, 5.41) is 3.03. The maximum absolute atomic E-state index is 12.7. The molecule has 0 spiro atoms. The van der Waals surface area contributed by atoms with Crippen molar-refractivity contribution < 1.29 is 9.53 Å². The summed E-state index contributed by atoms with van der Waals surface area (Å²) in [7, 11) is 0. The molecule has 2 N–H and O–H groups in total. The first-order valence-corrected chi connectivity index (χ1v) is 9.36. The molecule has 0 radical (unpaired) electrons. The zero-order valence-corrected chi connectivity index (χ0v) is 14.5. The van der Waals surface area contributed by atoms with Crippen LogP contribution in [0.2, 0.25) is 0 Å². The molecule has 6 nitrogen and oxygen atoms in total. The SMILES string of the molecule is O=C(NCc1nc2ccccc2[nH]1)N(CC1CCC1)CC1CCCO1. The average Bonchev–Trinajstić information content (AvgIpc) is 3.23. The van der Waals surface area contributed by atoms with Gasteiger partial charge in [-0.1, -0.05) is 18.6 Å². The molecule has 0 bridgehead atoms. The van der Waals surface area contributed by atoms with E-state index in [1.807, 2.05) is 29.2 Å². The predicted molar refractivity (Wildman–Crippen MR) is 96.2 cm³/mol. The van der Waals surface area contributed by atoms with Crippen LogP contribution in [0, 0.1) is 5.92 Å². The zero-order valence-electron chi connectivity index (χ0n) is 14.5. The summed E-state index contributed by atoms with van der Waals surface area (Å²) in [5.41, 5.74) is 1.93. The third-order valence-corrected chi connectivity index (χ3v) is 5.28. The Labute approximate surface area is 147 Å². The van der Waals surface area contributed by atoms with Gasteiger partial charge in [-0.3, -0.25) is 0 Å². The largest absolute Gasteiger partial charge is 0.376 e. The van der Waals surface area contributed by atoms with Gasteiger partial charge < -0.3 is 19.9 Å². The lowest BCUT2D eigenvalue weighted by Crippen LogP contribution is -2.46. The first-order valence-electron chi connectivity index (χ1n) is 9.36. The molecule has 1 unspecified atom stereocenters. The lowest BCUT2D eigenvalue weighted by atomic mass is 9.85. The number of aromatic amines is 1. The number of benzene rings is 1. The molecule has 1 aliphatic heterocycles. The summed E-state index contributed by atoms with van der Waals surface area (Å²) >= 11 is 0. The Morgan fingerprint density at radius 3 is 2.84 bits per heavy atom. The molecule has 1 saturated carbocycles. The highest BCUT2D eigenvalue weighted by Gasteiger charge is 2.27. The molecule has 1 aliphatic carbocycles. The van der Waals surface area contributed by atoms with E-state index in [-0.39, 0.29) is 12.1 Å². The molecule has 2 aromatic rings. The van der Waals surface area contributed by atoms with E-state index in [1.54, 1.807) is 0 Å². The minimum atomic E-state index is -0.0112. The Bertz CT molecular complexity index is 686. The van der Waals surface area contributed by atoms with Gasteiger partial charge in [-0.15, -0.1) is 0 Å². The van der Waals surface area contributed by atoms with Crippen molar-refractivity contribution in [3.63, 3.8) is 0 Å². The Hall–Kier alpha value is -2.08. The molecule has 1 aromatic heterocycles. The van der Waals surface area contributed by atoms with Gasteiger partial charge >= 0.3 is 6.03 Å². The van der Waals surface area contributed by atoms with Crippen LogP contribution < -0.4 is 5.32 Å². The topological polar surface area (TPSA) is 70.2 Å². The summed E-state index contributed by atoms with van der Waals surface area (Å²) in [5.74, 6) is 1.44. The van der Waals surface area contributed by atoms with Gasteiger partial charge in [-0.2, -0.15) is 0 Å². The Kier molecular flexibility index (Phi) is 4.88. The lowest BCUT2D eigenvalue weighted by molar-refractivity contribution is 0.0720. The van der Waals surface area contributed by atoms with Crippen molar-refractivity contribution in [2.24, 2.45) is 5.92 Å². The standard InChI is InChI=1S/C19H26N4O2/c24-19(20-11-18-21-16-8-1-2-9-17(16)22-18)23(12-14-5-3-6-14)13-15-7-4-10-25-15/h1-2,8-9,14-15H,3-7,10-13H2,(H,20,24)(H,21,22). The fourth-order valence-electron chi connectivity index (χ4n) is 3.62.